The summed E-state index contributed by atoms with van der Waals surface area (Å²) in [5.41, 5.74) is 0.194. The Labute approximate surface area is 440 Å². The topological polar surface area (TPSA) is 286 Å². The number of aliphatic hydroxyl groups excluding tert-OH is 4. The second-order valence-corrected chi connectivity index (χ2v) is 21.1. The van der Waals surface area contributed by atoms with Crippen LogP contribution in [-0.2, 0) is 63.7 Å². The van der Waals surface area contributed by atoms with Gasteiger partial charge in [0.1, 0.15) is 55.6 Å². The zero-order chi connectivity index (χ0) is 55.5. The number of cyclic esters (lactones) is 1. The standard InChI is InChI=1S/C53H83N3O19/c1-13-40-36(27-68-52-49(67-12)48(66-11)44(60)31(5)71-52)22-28(2)14-19-38(54-69-26-34-15-17-37(18-16-34)56(64)65)29(3)23-35(20-21-57)46(30(4)39(58)24-41(59)73-40)75-51-45(61)43(55(9)10)47(32(6)72-51)74-42-25-53(8,63)50(62)33(7)70-42/h14-19,21-22,29-33,35-36,39-40,42-52,58,60-63H,13,20,23-27H2,1-12H3/b19-14-,28-22+,54-38+. The van der Waals surface area contributed by atoms with E-state index in [1.807, 2.05) is 32.9 Å². The number of aldehydes is 1. The first-order valence-electron chi connectivity index (χ1n) is 25.9. The Bertz CT molecular complexity index is 2070. The van der Waals surface area contributed by atoms with Gasteiger partial charge in [0, 0.05) is 56.9 Å². The predicted octanol–water partition coefficient (Wildman–Crippen LogP) is 3.75. The number of carbonyl (C=O) groups is 2. The summed E-state index contributed by atoms with van der Waals surface area (Å²) in [5, 5.41) is 72.4. The van der Waals surface area contributed by atoms with Crippen LogP contribution in [0.1, 0.15) is 93.1 Å². The molecule has 0 amide bonds. The number of allylic oxidation sites excluding steroid dienone is 3. The fourth-order valence-corrected chi connectivity index (χ4v) is 10.5. The van der Waals surface area contributed by atoms with Gasteiger partial charge in [0.2, 0.25) is 0 Å². The van der Waals surface area contributed by atoms with Gasteiger partial charge in [-0.2, -0.15) is 0 Å². The number of nitro benzene ring substituents is 1. The number of hydrogen-bond acceptors (Lipinski definition) is 21. The van der Waals surface area contributed by atoms with Crippen LogP contribution in [0.15, 0.2) is 53.2 Å². The highest BCUT2D eigenvalue weighted by Gasteiger charge is 2.52. The summed E-state index contributed by atoms with van der Waals surface area (Å²) in [6.45, 7) is 13.8. The van der Waals surface area contributed by atoms with E-state index in [0.717, 1.165) is 6.29 Å². The van der Waals surface area contributed by atoms with Crippen molar-refractivity contribution in [3.05, 3.63) is 63.7 Å². The van der Waals surface area contributed by atoms with Gasteiger partial charge in [-0.05, 0) is 91.2 Å². The third-order valence-corrected chi connectivity index (χ3v) is 15.0. The van der Waals surface area contributed by atoms with Gasteiger partial charge in [0.05, 0.1) is 65.8 Å². The van der Waals surface area contributed by atoms with Gasteiger partial charge < -0.3 is 82.7 Å². The minimum absolute atomic E-state index is 0.0299. The molecule has 3 fully saturated rings. The number of nitro groups is 1. The normalized spacial score (nSPS) is 41.3. The summed E-state index contributed by atoms with van der Waals surface area (Å²) in [5.74, 6) is -3.33. The zero-order valence-electron chi connectivity index (χ0n) is 45.4. The van der Waals surface area contributed by atoms with E-state index < -0.39 is 145 Å². The third-order valence-electron chi connectivity index (χ3n) is 15.0. The summed E-state index contributed by atoms with van der Waals surface area (Å²) < 4.78 is 55.4. The minimum Gasteiger partial charge on any atom is -0.462 e. The van der Waals surface area contributed by atoms with E-state index in [4.69, 9.17) is 47.5 Å². The summed E-state index contributed by atoms with van der Waals surface area (Å²) in [7, 11) is 6.43. The maximum atomic E-state index is 14.0. The molecule has 22 heteroatoms. The second kappa shape index (κ2) is 28.2. The van der Waals surface area contributed by atoms with Crippen LogP contribution in [0.25, 0.3) is 0 Å². The van der Waals surface area contributed by atoms with Gasteiger partial charge in [0.15, 0.2) is 18.9 Å². The molecule has 0 bridgehead atoms. The minimum atomic E-state index is -1.52. The van der Waals surface area contributed by atoms with Crippen LogP contribution in [0, 0.1) is 33.8 Å². The van der Waals surface area contributed by atoms with Crippen molar-refractivity contribution in [2.45, 2.75) is 198 Å². The van der Waals surface area contributed by atoms with Crippen molar-refractivity contribution >= 4 is 23.7 Å². The molecule has 21 atom stereocenters. The first-order valence-corrected chi connectivity index (χ1v) is 25.9. The van der Waals surface area contributed by atoms with E-state index >= 15 is 0 Å². The van der Waals surface area contributed by atoms with E-state index in [1.165, 1.54) is 33.3 Å². The van der Waals surface area contributed by atoms with Crippen LogP contribution in [0.5, 0.6) is 0 Å². The lowest BCUT2D eigenvalue weighted by Crippen LogP contribution is -2.65. The van der Waals surface area contributed by atoms with Gasteiger partial charge in [-0.15, -0.1) is 0 Å². The molecule has 21 unspecified atom stereocenters. The largest absolute Gasteiger partial charge is 0.462 e. The second-order valence-electron chi connectivity index (χ2n) is 21.1. The summed E-state index contributed by atoms with van der Waals surface area (Å²) in [6, 6.07) is 5.10. The van der Waals surface area contributed by atoms with Crippen molar-refractivity contribution in [2.75, 3.05) is 34.9 Å². The average molecular weight is 1070 g/mol. The molecule has 1 aromatic carbocycles. The van der Waals surface area contributed by atoms with Crippen LogP contribution in [0.2, 0.25) is 0 Å². The van der Waals surface area contributed by atoms with Crippen molar-refractivity contribution in [2.24, 2.45) is 28.8 Å². The monoisotopic (exact) mass is 1070 g/mol. The molecule has 0 aliphatic carbocycles. The van der Waals surface area contributed by atoms with Crippen molar-refractivity contribution in [1.82, 2.24) is 4.90 Å². The summed E-state index contributed by atoms with van der Waals surface area (Å²) in [4.78, 5) is 45.1. The number of nitrogens with zero attached hydrogens (tertiary/aromatic N) is 3. The van der Waals surface area contributed by atoms with E-state index in [-0.39, 0.29) is 38.2 Å². The summed E-state index contributed by atoms with van der Waals surface area (Å²) in [6.07, 6.45) is -8.44. The fourth-order valence-electron chi connectivity index (χ4n) is 10.5. The molecule has 5 N–H and O–H groups in total. The molecule has 424 valence electrons. The molecule has 0 radical (unpaired) electrons. The molecular formula is C53H83N3O19. The van der Waals surface area contributed by atoms with Crippen molar-refractivity contribution in [3.8, 4) is 0 Å². The molecule has 4 aliphatic heterocycles. The Morgan fingerprint density at radius 1 is 0.893 bits per heavy atom. The number of non-ortho nitro benzene ring substituents is 1. The molecule has 0 spiro atoms. The Morgan fingerprint density at radius 2 is 1.56 bits per heavy atom. The number of carbonyl (C=O) groups excluding carboxylic acids is 2. The SMILES string of the molecule is CCC1OC(=O)CC(O)C(C)C(OC2OC(C)C(OC3CC(C)(O)C(O)C(C)O3)C(N(C)C)C2O)C(CC=O)CC(C)C(=N/OCc2ccc([N+](=O)[O-])cc2)/C=C\C(C)=C\C1COC1OC(C)C(O)C(OC)C1OC. The van der Waals surface area contributed by atoms with Gasteiger partial charge in [0.25, 0.3) is 5.69 Å². The number of aliphatic hydroxyl groups is 5. The van der Waals surface area contributed by atoms with Crippen LogP contribution in [-0.4, -0.2) is 192 Å². The van der Waals surface area contributed by atoms with Crippen LogP contribution in [0.3, 0.4) is 0 Å². The number of hydrogen-bond donors (Lipinski definition) is 5. The maximum absolute atomic E-state index is 14.0. The fraction of sp³-hybridized carbons (Fsp3) is 0.755. The molecule has 75 heavy (non-hydrogen) atoms. The Balaban J connectivity index is 1.51. The molecular weight excluding hydrogens is 983 g/mol. The molecule has 22 nitrogen and oxygen atoms in total. The first kappa shape index (κ1) is 62.0. The Morgan fingerprint density at radius 3 is 2.16 bits per heavy atom. The van der Waals surface area contributed by atoms with Crippen molar-refractivity contribution < 1.29 is 87.5 Å². The van der Waals surface area contributed by atoms with E-state index in [0.29, 0.717) is 23.3 Å². The number of rotatable bonds is 17. The van der Waals surface area contributed by atoms with E-state index in [9.17, 15) is 45.2 Å². The van der Waals surface area contributed by atoms with Crippen LogP contribution < -0.4 is 0 Å². The quantitative estimate of drug-likeness (QED) is 0.0643. The van der Waals surface area contributed by atoms with Gasteiger partial charge in [-0.3, -0.25) is 14.9 Å². The zero-order valence-corrected chi connectivity index (χ0v) is 45.4. The Kier molecular flexibility index (Phi) is 23.3. The first-order chi connectivity index (χ1) is 35.4. The van der Waals surface area contributed by atoms with E-state index in [1.54, 1.807) is 64.9 Å². The summed E-state index contributed by atoms with van der Waals surface area (Å²) >= 11 is 0. The average Bonchev–Trinajstić information content (AvgIpc) is 3.35. The molecule has 0 saturated carbocycles. The van der Waals surface area contributed by atoms with Crippen molar-refractivity contribution in [3.63, 3.8) is 0 Å². The molecule has 3 saturated heterocycles. The van der Waals surface area contributed by atoms with Crippen molar-refractivity contribution in [1.29, 1.82) is 0 Å². The molecule has 1 aromatic rings. The highest BCUT2D eigenvalue weighted by molar-refractivity contribution is 5.96. The van der Waals surface area contributed by atoms with Gasteiger partial charge in [-0.1, -0.05) is 43.7 Å². The highest BCUT2D eigenvalue weighted by Crippen LogP contribution is 2.38. The lowest BCUT2D eigenvalue weighted by molar-refractivity contribution is -0.384. The molecule has 4 heterocycles. The smallest absolute Gasteiger partial charge is 0.308 e. The van der Waals surface area contributed by atoms with Crippen LogP contribution >= 0.6 is 0 Å². The number of esters is 1. The molecule has 4 aliphatic rings. The van der Waals surface area contributed by atoms with E-state index in [2.05, 4.69) is 5.16 Å². The van der Waals surface area contributed by atoms with Gasteiger partial charge in [-0.25, -0.2) is 0 Å². The lowest BCUT2D eigenvalue weighted by atomic mass is 9.79. The number of likely N-dealkylation sites (N-methyl/N-ethyl adjacent to an activating group) is 1. The number of methoxy groups -OCH3 is 2. The predicted molar refractivity (Wildman–Crippen MR) is 271 cm³/mol. The Hall–Kier alpha value is -3.85. The third kappa shape index (κ3) is 16.1. The lowest BCUT2D eigenvalue weighted by Gasteiger charge is -2.50. The van der Waals surface area contributed by atoms with Crippen LogP contribution in [0.4, 0.5) is 5.69 Å². The number of benzene rings is 1. The van der Waals surface area contributed by atoms with Gasteiger partial charge >= 0.3 is 5.97 Å². The number of oxime groups is 1. The molecule has 5 rings (SSSR count). The maximum Gasteiger partial charge on any atom is 0.308 e. The molecule has 0 aromatic heterocycles. The highest BCUT2D eigenvalue weighted by atomic mass is 16.7. The number of ether oxygens (including phenoxy) is 9.